The van der Waals surface area contributed by atoms with E-state index in [4.69, 9.17) is 5.11 Å². The van der Waals surface area contributed by atoms with Gasteiger partial charge in [-0.3, -0.25) is 4.79 Å². The lowest BCUT2D eigenvalue weighted by molar-refractivity contribution is -0.131. The number of aliphatic carboxylic acids is 1. The molecular weight excluding hydrogens is 294 g/mol. The van der Waals surface area contributed by atoms with Crippen LogP contribution in [0.25, 0.3) is 6.08 Å². The van der Waals surface area contributed by atoms with Crippen molar-refractivity contribution >= 4 is 41.1 Å². The Morgan fingerprint density at radius 3 is 3.00 bits per heavy atom. The van der Waals surface area contributed by atoms with Crippen LogP contribution < -0.4 is 5.32 Å². The van der Waals surface area contributed by atoms with Crippen molar-refractivity contribution in [1.29, 1.82) is 0 Å². The molecule has 0 saturated carbocycles. The summed E-state index contributed by atoms with van der Waals surface area (Å²) in [4.78, 5) is 23.7. The smallest absolute Gasteiger partial charge is 0.328 e. The highest BCUT2D eigenvalue weighted by Crippen LogP contribution is 2.37. The highest BCUT2D eigenvalue weighted by molar-refractivity contribution is 8.01. The van der Waals surface area contributed by atoms with Crippen LogP contribution in [0.3, 0.4) is 0 Å². The van der Waals surface area contributed by atoms with Gasteiger partial charge in [0.2, 0.25) is 5.91 Å². The molecule has 1 aromatic heterocycles. The molecule has 0 aromatic carbocycles. The lowest BCUT2D eigenvalue weighted by Crippen LogP contribution is -2.39. The number of hydrogen-bond donors (Lipinski definition) is 2. The van der Waals surface area contributed by atoms with Gasteiger partial charge in [-0.15, -0.1) is 23.1 Å². The van der Waals surface area contributed by atoms with Crippen LogP contribution in [0.15, 0.2) is 17.5 Å². The van der Waals surface area contributed by atoms with Crippen molar-refractivity contribution in [1.82, 2.24) is 5.32 Å². The minimum absolute atomic E-state index is 0.0709. The molecule has 2 rings (SSSR count). The molecule has 2 heterocycles. The van der Waals surface area contributed by atoms with E-state index in [-0.39, 0.29) is 10.7 Å². The Labute approximate surface area is 126 Å². The van der Waals surface area contributed by atoms with Crippen LogP contribution in [0.4, 0.5) is 0 Å². The number of carboxylic acid groups (broad SMARTS) is 1. The van der Waals surface area contributed by atoms with E-state index in [1.54, 1.807) is 17.8 Å². The molecule has 0 radical (unpaired) electrons. The normalized spacial score (nSPS) is 22.2. The van der Waals surface area contributed by atoms with Gasteiger partial charge < -0.3 is 10.4 Å². The van der Waals surface area contributed by atoms with Gasteiger partial charge in [-0.2, -0.15) is 0 Å². The third kappa shape index (κ3) is 3.64. The van der Waals surface area contributed by atoms with Gasteiger partial charge in [0.1, 0.15) is 0 Å². The van der Waals surface area contributed by atoms with Gasteiger partial charge in [-0.05, 0) is 48.6 Å². The Balaban J connectivity index is 1.96. The molecule has 20 heavy (non-hydrogen) atoms. The Morgan fingerprint density at radius 1 is 1.55 bits per heavy atom. The number of nitrogens with one attached hydrogen (secondary N) is 1. The van der Waals surface area contributed by atoms with Crippen molar-refractivity contribution < 1.29 is 14.7 Å². The minimum atomic E-state index is -0.971. The van der Waals surface area contributed by atoms with Crippen molar-refractivity contribution in [3.8, 4) is 0 Å². The average Bonchev–Trinajstić information content (AvgIpc) is 3.03. The topological polar surface area (TPSA) is 66.4 Å². The highest BCUT2D eigenvalue weighted by Gasteiger charge is 2.36. The first-order valence-corrected chi connectivity index (χ1v) is 8.27. The summed E-state index contributed by atoms with van der Waals surface area (Å²) in [5, 5.41) is 13.5. The number of carboxylic acids is 1. The number of hydrogen-bond acceptors (Lipinski definition) is 4. The van der Waals surface area contributed by atoms with Crippen LogP contribution in [0.1, 0.15) is 30.2 Å². The second-order valence-corrected chi connectivity index (χ2v) is 7.43. The van der Waals surface area contributed by atoms with E-state index < -0.39 is 5.97 Å². The number of thiophene rings is 1. The van der Waals surface area contributed by atoms with E-state index in [9.17, 15) is 9.59 Å². The predicted octanol–water partition coefficient (Wildman–Crippen LogP) is 2.75. The molecule has 1 amide bonds. The van der Waals surface area contributed by atoms with Gasteiger partial charge >= 0.3 is 5.97 Å². The van der Waals surface area contributed by atoms with E-state index in [2.05, 4.69) is 5.32 Å². The largest absolute Gasteiger partial charge is 0.478 e. The van der Waals surface area contributed by atoms with E-state index in [0.717, 1.165) is 35.1 Å². The summed E-state index contributed by atoms with van der Waals surface area (Å²) < 4.78 is -0.311. The molecule has 1 aromatic rings. The van der Waals surface area contributed by atoms with Crippen molar-refractivity contribution in [3.05, 3.63) is 28.0 Å². The number of carbonyl (C=O) groups excluding carboxylic acids is 1. The van der Waals surface area contributed by atoms with Crippen molar-refractivity contribution in [2.45, 2.75) is 31.1 Å². The quantitative estimate of drug-likeness (QED) is 0.821. The van der Waals surface area contributed by atoms with Crippen molar-refractivity contribution in [2.75, 3.05) is 5.75 Å². The predicted molar refractivity (Wildman–Crippen MR) is 82.9 cm³/mol. The first-order valence-electron chi connectivity index (χ1n) is 6.41. The Morgan fingerprint density at radius 2 is 2.35 bits per heavy atom. The van der Waals surface area contributed by atoms with Crippen LogP contribution in [0, 0.1) is 0 Å². The van der Waals surface area contributed by atoms with E-state index in [1.165, 1.54) is 11.3 Å². The molecule has 108 valence electrons. The molecule has 0 spiro atoms. The summed E-state index contributed by atoms with van der Waals surface area (Å²) in [6, 6.07) is 1.86. The SMILES string of the molecule is CC1(C(=O)NCc2sccc2/C=C/C(=O)O)CCCS1. The fourth-order valence-corrected chi connectivity index (χ4v) is 4.15. The zero-order valence-corrected chi connectivity index (χ0v) is 12.9. The van der Waals surface area contributed by atoms with E-state index >= 15 is 0 Å². The summed E-state index contributed by atoms with van der Waals surface area (Å²) >= 11 is 3.23. The van der Waals surface area contributed by atoms with E-state index in [1.807, 2.05) is 18.4 Å². The van der Waals surface area contributed by atoms with Gasteiger partial charge in [-0.25, -0.2) is 4.79 Å². The molecule has 2 N–H and O–H groups in total. The maximum atomic E-state index is 12.2. The van der Waals surface area contributed by atoms with Crippen LogP contribution in [0.5, 0.6) is 0 Å². The van der Waals surface area contributed by atoms with Gasteiger partial charge in [0.25, 0.3) is 0 Å². The summed E-state index contributed by atoms with van der Waals surface area (Å²) in [6.07, 6.45) is 4.67. The zero-order chi connectivity index (χ0) is 14.6. The fourth-order valence-electron chi connectivity index (χ4n) is 2.11. The first kappa shape index (κ1) is 15.1. The molecule has 1 aliphatic rings. The lowest BCUT2D eigenvalue weighted by Gasteiger charge is -2.21. The third-order valence-corrected chi connectivity index (χ3v) is 5.75. The fraction of sp³-hybridized carbons (Fsp3) is 0.429. The van der Waals surface area contributed by atoms with Crippen LogP contribution in [-0.4, -0.2) is 27.5 Å². The maximum absolute atomic E-state index is 12.2. The van der Waals surface area contributed by atoms with E-state index in [0.29, 0.717) is 6.54 Å². The molecule has 4 nitrogen and oxygen atoms in total. The number of thioether (sulfide) groups is 1. The second-order valence-electron chi connectivity index (χ2n) is 4.84. The Hall–Kier alpha value is -1.27. The van der Waals surface area contributed by atoms with Crippen molar-refractivity contribution in [2.24, 2.45) is 0 Å². The monoisotopic (exact) mass is 311 g/mol. The second kappa shape index (κ2) is 6.45. The molecule has 0 aliphatic carbocycles. The number of carbonyl (C=O) groups is 2. The summed E-state index contributed by atoms with van der Waals surface area (Å²) in [7, 11) is 0. The summed E-state index contributed by atoms with van der Waals surface area (Å²) in [6.45, 7) is 2.44. The highest BCUT2D eigenvalue weighted by atomic mass is 32.2. The number of rotatable bonds is 5. The maximum Gasteiger partial charge on any atom is 0.328 e. The van der Waals surface area contributed by atoms with Gasteiger partial charge in [0.15, 0.2) is 0 Å². The Kier molecular flexibility index (Phi) is 4.88. The molecule has 6 heteroatoms. The van der Waals surface area contributed by atoms with Gasteiger partial charge in [-0.1, -0.05) is 0 Å². The minimum Gasteiger partial charge on any atom is -0.478 e. The van der Waals surface area contributed by atoms with Gasteiger partial charge in [0.05, 0.1) is 11.3 Å². The lowest BCUT2D eigenvalue weighted by atomic mass is 10.0. The average molecular weight is 311 g/mol. The number of amides is 1. The summed E-state index contributed by atoms with van der Waals surface area (Å²) in [5.41, 5.74) is 0.849. The molecule has 1 aliphatic heterocycles. The van der Waals surface area contributed by atoms with Gasteiger partial charge in [0, 0.05) is 11.0 Å². The Bertz CT molecular complexity index is 530. The first-order chi connectivity index (χ1) is 9.51. The molecule has 1 fully saturated rings. The molecule has 1 unspecified atom stereocenters. The van der Waals surface area contributed by atoms with Crippen LogP contribution in [-0.2, 0) is 16.1 Å². The van der Waals surface area contributed by atoms with Crippen LogP contribution in [0.2, 0.25) is 0 Å². The third-order valence-electron chi connectivity index (χ3n) is 3.29. The molecule has 1 saturated heterocycles. The molecule has 0 bridgehead atoms. The standard InChI is InChI=1S/C14H17NO3S2/c1-14(6-2-7-20-14)13(18)15-9-11-10(5-8-19-11)3-4-12(16)17/h3-5,8H,2,6-7,9H2,1H3,(H,15,18)(H,16,17)/b4-3+. The summed E-state index contributed by atoms with van der Waals surface area (Å²) in [5.74, 6) is 0.137. The van der Waals surface area contributed by atoms with Crippen molar-refractivity contribution in [3.63, 3.8) is 0 Å². The zero-order valence-electron chi connectivity index (χ0n) is 11.2. The molecular formula is C14H17NO3S2. The molecule has 1 atom stereocenters. The van der Waals surface area contributed by atoms with Crippen LogP contribution >= 0.6 is 23.1 Å².